The first-order valence-electron chi connectivity index (χ1n) is 6.18. The lowest BCUT2D eigenvalue weighted by molar-refractivity contribution is -0.138. The summed E-state index contributed by atoms with van der Waals surface area (Å²) in [5.41, 5.74) is 0. The zero-order valence-electron chi connectivity index (χ0n) is 9.32. The third kappa shape index (κ3) is 2.71. The minimum Gasteiger partial charge on any atom is -0.396 e. The molecule has 1 heterocycles. The Labute approximate surface area is 91.5 Å². The van der Waals surface area contributed by atoms with Gasteiger partial charge in [0, 0.05) is 32.0 Å². The molecule has 2 fully saturated rings. The van der Waals surface area contributed by atoms with E-state index in [-0.39, 0.29) is 6.61 Å². The molecule has 0 radical (unpaired) electrons. The molecule has 3 heteroatoms. The molecule has 1 saturated heterocycles. The van der Waals surface area contributed by atoms with Crippen LogP contribution >= 0.6 is 0 Å². The third-order valence-corrected chi connectivity index (χ3v) is 3.81. The van der Waals surface area contributed by atoms with Gasteiger partial charge in [0.1, 0.15) is 0 Å². The maximum absolute atomic E-state index is 11.7. The second kappa shape index (κ2) is 4.97. The molecule has 15 heavy (non-hydrogen) atoms. The highest BCUT2D eigenvalue weighted by Crippen LogP contribution is 2.29. The van der Waals surface area contributed by atoms with Crippen molar-refractivity contribution in [2.24, 2.45) is 11.8 Å². The average molecular weight is 211 g/mol. The highest BCUT2D eigenvalue weighted by Gasteiger charge is 2.29. The van der Waals surface area contributed by atoms with Crippen LogP contribution in [0.5, 0.6) is 0 Å². The number of carbonyl (C=O) groups is 1. The Hall–Kier alpha value is -0.570. The summed E-state index contributed by atoms with van der Waals surface area (Å²) in [6.45, 7) is 1.78. The van der Waals surface area contributed by atoms with Crippen LogP contribution < -0.4 is 0 Å². The fraction of sp³-hybridized carbons (Fsp3) is 0.917. The monoisotopic (exact) mass is 211 g/mol. The van der Waals surface area contributed by atoms with E-state index in [1.165, 1.54) is 25.7 Å². The minimum atomic E-state index is 0.229. The average Bonchev–Trinajstić information content (AvgIpc) is 2.65. The van der Waals surface area contributed by atoms with Crippen LogP contribution in [-0.4, -0.2) is 35.6 Å². The van der Waals surface area contributed by atoms with Crippen LogP contribution in [0.4, 0.5) is 0 Å². The quantitative estimate of drug-likeness (QED) is 0.763. The Morgan fingerprint density at radius 1 is 1.20 bits per heavy atom. The second-order valence-electron chi connectivity index (χ2n) is 5.04. The van der Waals surface area contributed by atoms with Gasteiger partial charge >= 0.3 is 0 Å². The van der Waals surface area contributed by atoms with E-state index in [1.54, 1.807) is 0 Å². The number of aliphatic hydroxyl groups excluding tert-OH is 1. The lowest BCUT2D eigenvalue weighted by Crippen LogP contribution is -2.51. The molecule has 2 aliphatic rings. The first kappa shape index (κ1) is 10.9. The van der Waals surface area contributed by atoms with Crippen molar-refractivity contribution in [3.63, 3.8) is 0 Å². The summed E-state index contributed by atoms with van der Waals surface area (Å²) in [7, 11) is 0. The first-order valence-corrected chi connectivity index (χ1v) is 6.18. The Morgan fingerprint density at radius 2 is 1.87 bits per heavy atom. The molecule has 0 aromatic rings. The van der Waals surface area contributed by atoms with Gasteiger partial charge in [-0.2, -0.15) is 0 Å². The molecule has 0 atom stereocenters. The predicted molar refractivity (Wildman–Crippen MR) is 58.3 cm³/mol. The number of rotatable bonds is 4. The minimum absolute atomic E-state index is 0.229. The fourth-order valence-electron chi connectivity index (χ4n) is 2.67. The highest BCUT2D eigenvalue weighted by atomic mass is 16.3. The Balaban J connectivity index is 1.61. The van der Waals surface area contributed by atoms with Crippen LogP contribution in [-0.2, 0) is 4.79 Å². The molecule has 1 amide bonds. The molecule has 0 bridgehead atoms. The van der Waals surface area contributed by atoms with E-state index in [1.807, 2.05) is 4.90 Å². The normalized spacial score (nSPS) is 23.1. The van der Waals surface area contributed by atoms with Crippen molar-refractivity contribution in [3.05, 3.63) is 0 Å². The summed E-state index contributed by atoms with van der Waals surface area (Å²) >= 11 is 0. The maximum Gasteiger partial charge on any atom is 0.222 e. The zero-order valence-corrected chi connectivity index (χ0v) is 9.32. The lowest BCUT2D eigenvalue weighted by atomic mass is 9.98. The molecular weight excluding hydrogens is 190 g/mol. The SMILES string of the molecule is O=C(CCC1CCCC1)N1CC(CO)C1. The molecule has 86 valence electrons. The standard InChI is InChI=1S/C12H21NO2/c14-9-11-7-13(8-11)12(15)6-5-10-3-1-2-4-10/h10-11,14H,1-9H2. The van der Waals surface area contributed by atoms with Gasteiger partial charge in [-0.1, -0.05) is 25.7 Å². The molecular formula is C12H21NO2. The summed E-state index contributed by atoms with van der Waals surface area (Å²) in [6, 6.07) is 0. The highest BCUT2D eigenvalue weighted by molar-refractivity contribution is 5.77. The molecule has 0 spiro atoms. The molecule has 3 nitrogen and oxygen atoms in total. The molecule has 1 aliphatic heterocycles. The lowest BCUT2D eigenvalue weighted by Gasteiger charge is -2.38. The van der Waals surface area contributed by atoms with E-state index in [2.05, 4.69) is 0 Å². The molecule has 0 aromatic heterocycles. The van der Waals surface area contributed by atoms with Crippen LogP contribution in [0, 0.1) is 11.8 Å². The van der Waals surface area contributed by atoms with Gasteiger partial charge < -0.3 is 10.0 Å². The topological polar surface area (TPSA) is 40.5 Å². The van der Waals surface area contributed by atoms with Gasteiger partial charge in [-0.25, -0.2) is 0 Å². The maximum atomic E-state index is 11.7. The molecule has 1 N–H and O–H groups in total. The number of amides is 1. The molecule has 0 aromatic carbocycles. The predicted octanol–water partition coefficient (Wildman–Crippen LogP) is 1.41. The first-order chi connectivity index (χ1) is 7.29. The van der Waals surface area contributed by atoms with Crippen LogP contribution in [0.3, 0.4) is 0 Å². The van der Waals surface area contributed by atoms with E-state index in [0.717, 1.165) is 31.8 Å². The van der Waals surface area contributed by atoms with Crippen LogP contribution in [0.2, 0.25) is 0 Å². The third-order valence-electron chi connectivity index (χ3n) is 3.81. The molecule has 1 saturated carbocycles. The van der Waals surface area contributed by atoms with Crippen molar-refractivity contribution in [1.82, 2.24) is 4.90 Å². The van der Waals surface area contributed by atoms with Crippen molar-refractivity contribution in [2.45, 2.75) is 38.5 Å². The summed E-state index contributed by atoms with van der Waals surface area (Å²) in [4.78, 5) is 13.6. The summed E-state index contributed by atoms with van der Waals surface area (Å²) in [5, 5.41) is 8.85. The van der Waals surface area contributed by atoms with E-state index in [4.69, 9.17) is 5.11 Å². The van der Waals surface area contributed by atoms with Crippen molar-refractivity contribution in [3.8, 4) is 0 Å². The number of nitrogens with zero attached hydrogens (tertiary/aromatic N) is 1. The van der Waals surface area contributed by atoms with Gasteiger partial charge in [0.25, 0.3) is 0 Å². The van der Waals surface area contributed by atoms with Gasteiger partial charge in [0.15, 0.2) is 0 Å². The Kier molecular flexibility index (Phi) is 3.62. The Morgan fingerprint density at radius 3 is 2.47 bits per heavy atom. The van der Waals surface area contributed by atoms with Gasteiger partial charge in [-0.05, 0) is 12.3 Å². The molecule has 1 aliphatic carbocycles. The number of likely N-dealkylation sites (tertiary alicyclic amines) is 1. The summed E-state index contributed by atoms with van der Waals surface area (Å²) in [6.07, 6.45) is 7.17. The van der Waals surface area contributed by atoms with Crippen molar-refractivity contribution < 1.29 is 9.90 Å². The van der Waals surface area contributed by atoms with E-state index < -0.39 is 0 Å². The van der Waals surface area contributed by atoms with Crippen molar-refractivity contribution in [1.29, 1.82) is 0 Å². The summed E-state index contributed by atoms with van der Waals surface area (Å²) in [5.74, 6) is 1.45. The second-order valence-corrected chi connectivity index (χ2v) is 5.04. The number of carbonyl (C=O) groups excluding carboxylic acids is 1. The van der Waals surface area contributed by atoms with Crippen LogP contribution in [0.1, 0.15) is 38.5 Å². The van der Waals surface area contributed by atoms with Crippen LogP contribution in [0.25, 0.3) is 0 Å². The van der Waals surface area contributed by atoms with Gasteiger partial charge in [-0.3, -0.25) is 4.79 Å². The largest absolute Gasteiger partial charge is 0.396 e. The van der Waals surface area contributed by atoms with Crippen LogP contribution in [0.15, 0.2) is 0 Å². The molecule has 0 unspecified atom stereocenters. The zero-order chi connectivity index (χ0) is 10.7. The van der Waals surface area contributed by atoms with Gasteiger partial charge in [0.2, 0.25) is 5.91 Å². The number of hydrogen-bond donors (Lipinski definition) is 1. The number of hydrogen-bond acceptors (Lipinski definition) is 2. The van der Waals surface area contributed by atoms with Crippen molar-refractivity contribution >= 4 is 5.91 Å². The fourth-order valence-corrected chi connectivity index (χ4v) is 2.67. The van der Waals surface area contributed by atoms with E-state index >= 15 is 0 Å². The van der Waals surface area contributed by atoms with Gasteiger partial charge in [0.05, 0.1) is 0 Å². The van der Waals surface area contributed by atoms with E-state index in [9.17, 15) is 4.79 Å². The van der Waals surface area contributed by atoms with Gasteiger partial charge in [-0.15, -0.1) is 0 Å². The van der Waals surface area contributed by atoms with Crippen molar-refractivity contribution in [2.75, 3.05) is 19.7 Å². The Bertz CT molecular complexity index is 218. The molecule has 2 rings (SSSR count). The van der Waals surface area contributed by atoms with E-state index in [0.29, 0.717) is 11.8 Å². The smallest absolute Gasteiger partial charge is 0.222 e. The summed E-state index contributed by atoms with van der Waals surface area (Å²) < 4.78 is 0. The number of aliphatic hydroxyl groups is 1.